The number of rotatable bonds is 2. The van der Waals surface area contributed by atoms with E-state index in [2.05, 4.69) is 18.3 Å². The lowest BCUT2D eigenvalue weighted by Gasteiger charge is -2.04. The molecule has 0 aromatic heterocycles. The fourth-order valence-electron chi connectivity index (χ4n) is 1.02. The largest absolute Gasteiger partial charge is 0.279 e. The summed E-state index contributed by atoms with van der Waals surface area (Å²) in [4.78, 5) is 27.0. The Morgan fingerprint density at radius 2 is 2.00 bits per heavy atom. The molecule has 0 spiro atoms. The van der Waals surface area contributed by atoms with E-state index >= 15 is 0 Å². The number of hydrogen-bond acceptors (Lipinski definition) is 3. The van der Waals surface area contributed by atoms with Gasteiger partial charge in [0.2, 0.25) is 0 Å². The molecule has 1 aliphatic heterocycles. The Hall–Kier alpha value is -1.42. The summed E-state index contributed by atoms with van der Waals surface area (Å²) >= 11 is 5.54. The second-order valence-electron chi connectivity index (χ2n) is 2.46. The fourth-order valence-corrected chi connectivity index (χ4v) is 1.19. The van der Waals surface area contributed by atoms with E-state index in [9.17, 15) is 9.59 Å². The minimum Gasteiger partial charge on any atom is -0.276 e. The topological polar surface area (TPSA) is 49.7 Å². The van der Waals surface area contributed by atoms with Crippen LogP contribution in [0, 0.1) is 0 Å². The molecule has 0 saturated carbocycles. The third-order valence-electron chi connectivity index (χ3n) is 1.69. The Kier molecular flexibility index (Phi) is 2.34. The Labute approximate surface area is 80.2 Å². The molecule has 68 valence electrons. The molecule has 0 aliphatic carbocycles. The van der Waals surface area contributed by atoms with Crippen molar-refractivity contribution in [1.29, 1.82) is 0 Å². The quantitative estimate of drug-likeness (QED) is 0.484. The van der Waals surface area contributed by atoms with Crippen molar-refractivity contribution in [2.24, 2.45) is 4.99 Å². The standard InChI is InChI=1S/C8H7ClN2O2/c1-4(9)5-6(10-2)8(13)11(3)7(5)12/h1-2H2,3H3. The van der Waals surface area contributed by atoms with Gasteiger partial charge in [0, 0.05) is 12.1 Å². The molecular weight excluding hydrogens is 192 g/mol. The SMILES string of the molecule is C=NC1=C(C(=C)Cl)C(=O)N(C)C1=O. The highest BCUT2D eigenvalue weighted by Gasteiger charge is 2.36. The van der Waals surface area contributed by atoms with Crippen LogP contribution in [0.15, 0.2) is 27.9 Å². The molecule has 1 heterocycles. The molecule has 0 atom stereocenters. The van der Waals surface area contributed by atoms with Crippen LogP contribution in [-0.2, 0) is 9.59 Å². The van der Waals surface area contributed by atoms with Gasteiger partial charge in [-0.25, -0.2) is 0 Å². The summed E-state index contributed by atoms with van der Waals surface area (Å²) in [5.74, 6) is -0.996. The zero-order valence-corrected chi connectivity index (χ0v) is 7.76. The Morgan fingerprint density at radius 3 is 2.31 bits per heavy atom. The Balaban J connectivity index is 3.33. The van der Waals surface area contributed by atoms with E-state index in [0.29, 0.717) is 0 Å². The van der Waals surface area contributed by atoms with Crippen LogP contribution in [0.2, 0.25) is 0 Å². The summed E-state index contributed by atoms with van der Waals surface area (Å²) in [6.07, 6.45) is 0. The number of likely N-dealkylation sites (N-methyl/N-ethyl adjacent to an activating group) is 1. The fraction of sp³-hybridized carbons (Fsp3) is 0.125. The van der Waals surface area contributed by atoms with E-state index in [1.54, 1.807) is 0 Å². The molecule has 1 aliphatic rings. The molecular formula is C8H7ClN2O2. The number of imide groups is 1. The van der Waals surface area contributed by atoms with Gasteiger partial charge in [-0.1, -0.05) is 18.2 Å². The lowest BCUT2D eigenvalue weighted by atomic mass is 10.2. The summed E-state index contributed by atoms with van der Waals surface area (Å²) in [5, 5.41) is 0.00472. The third kappa shape index (κ3) is 1.29. The van der Waals surface area contributed by atoms with Crippen molar-refractivity contribution in [2.75, 3.05) is 7.05 Å². The number of carbonyl (C=O) groups excluding carboxylic acids is 2. The second-order valence-corrected chi connectivity index (χ2v) is 2.91. The molecule has 0 fully saturated rings. The van der Waals surface area contributed by atoms with Crippen LogP contribution in [-0.4, -0.2) is 30.5 Å². The van der Waals surface area contributed by atoms with E-state index in [1.165, 1.54) is 7.05 Å². The van der Waals surface area contributed by atoms with Crippen molar-refractivity contribution in [3.05, 3.63) is 22.9 Å². The van der Waals surface area contributed by atoms with Crippen LogP contribution in [0.4, 0.5) is 0 Å². The molecule has 4 nitrogen and oxygen atoms in total. The number of halogens is 1. The van der Waals surface area contributed by atoms with Gasteiger partial charge in [0.25, 0.3) is 11.8 Å². The zero-order valence-electron chi connectivity index (χ0n) is 7.00. The van der Waals surface area contributed by atoms with E-state index in [4.69, 9.17) is 11.6 Å². The molecule has 13 heavy (non-hydrogen) atoms. The highest BCUT2D eigenvalue weighted by molar-refractivity contribution is 6.38. The van der Waals surface area contributed by atoms with Gasteiger partial charge in [-0.05, 0) is 6.72 Å². The van der Waals surface area contributed by atoms with Crippen molar-refractivity contribution in [3.8, 4) is 0 Å². The summed E-state index contributed by atoms with van der Waals surface area (Å²) in [6.45, 7) is 6.56. The average molecular weight is 199 g/mol. The number of aliphatic imine (C=N–C) groups is 1. The van der Waals surface area contributed by atoms with Gasteiger partial charge < -0.3 is 0 Å². The highest BCUT2D eigenvalue weighted by Crippen LogP contribution is 2.26. The molecule has 2 amide bonds. The first-order chi connectivity index (χ1) is 6.00. The highest BCUT2D eigenvalue weighted by atomic mass is 35.5. The first-order valence-electron chi connectivity index (χ1n) is 3.39. The van der Waals surface area contributed by atoms with Crippen LogP contribution in [0.5, 0.6) is 0 Å². The van der Waals surface area contributed by atoms with Crippen molar-refractivity contribution in [2.45, 2.75) is 0 Å². The van der Waals surface area contributed by atoms with E-state index in [-0.39, 0.29) is 16.3 Å². The van der Waals surface area contributed by atoms with Crippen molar-refractivity contribution < 1.29 is 9.59 Å². The minimum absolute atomic E-state index is 0.00472. The predicted octanol–water partition coefficient (Wildman–Crippen LogP) is 0.692. The smallest absolute Gasteiger partial charge is 0.276 e. The maximum Gasteiger partial charge on any atom is 0.279 e. The third-order valence-corrected chi connectivity index (χ3v) is 1.88. The van der Waals surface area contributed by atoms with Gasteiger partial charge in [0.05, 0.1) is 5.57 Å². The first kappa shape index (κ1) is 9.67. The van der Waals surface area contributed by atoms with Gasteiger partial charge in [-0.3, -0.25) is 19.5 Å². The molecule has 0 N–H and O–H groups in total. The van der Waals surface area contributed by atoms with Crippen LogP contribution >= 0.6 is 11.6 Å². The maximum atomic E-state index is 11.3. The Bertz CT molecular complexity index is 357. The van der Waals surface area contributed by atoms with Gasteiger partial charge in [-0.2, -0.15) is 0 Å². The van der Waals surface area contributed by atoms with Crippen LogP contribution in [0.25, 0.3) is 0 Å². The van der Waals surface area contributed by atoms with Crippen molar-refractivity contribution in [1.82, 2.24) is 4.90 Å². The summed E-state index contributed by atoms with van der Waals surface area (Å²) in [7, 11) is 1.35. The van der Waals surface area contributed by atoms with Gasteiger partial charge in [0.1, 0.15) is 5.70 Å². The lowest BCUT2D eigenvalue weighted by molar-refractivity contribution is -0.135. The zero-order chi connectivity index (χ0) is 10.2. The molecule has 0 radical (unpaired) electrons. The van der Waals surface area contributed by atoms with Crippen LogP contribution in [0.1, 0.15) is 0 Å². The van der Waals surface area contributed by atoms with E-state index in [0.717, 1.165) is 4.90 Å². The molecule has 0 saturated heterocycles. The molecule has 1 rings (SSSR count). The molecule has 5 heteroatoms. The Morgan fingerprint density at radius 1 is 1.46 bits per heavy atom. The maximum absolute atomic E-state index is 11.3. The average Bonchev–Trinajstić information content (AvgIpc) is 2.29. The second kappa shape index (κ2) is 3.14. The summed E-state index contributed by atoms with van der Waals surface area (Å²) < 4.78 is 0. The summed E-state index contributed by atoms with van der Waals surface area (Å²) in [5.41, 5.74) is -0.00309. The van der Waals surface area contributed by atoms with Gasteiger partial charge >= 0.3 is 0 Å². The van der Waals surface area contributed by atoms with Gasteiger partial charge in [-0.15, -0.1) is 0 Å². The van der Waals surface area contributed by atoms with Crippen molar-refractivity contribution in [3.63, 3.8) is 0 Å². The lowest BCUT2D eigenvalue weighted by Crippen LogP contribution is -2.26. The number of nitrogens with zero attached hydrogens (tertiary/aromatic N) is 2. The molecule has 0 aromatic carbocycles. The first-order valence-corrected chi connectivity index (χ1v) is 3.76. The normalized spacial score (nSPS) is 16.9. The molecule has 0 aromatic rings. The summed E-state index contributed by atoms with van der Waals surface area (Å²) in [6, 6.07) is 0. The van der Waals surface area contributed by atoms with E-state index < -0.39 is 11.8 Å². The number of amides is 2. The van der Waals surface area contributed by atoms with Crippen LogP contribution in [0.3, 0.4) is 0 Å². The van der Waals surface area contributed by atoms with Gasteiger partial charge in [0.15, 0.2) is 0 Å². The predicted molar refractivity (Wildman–Crippen MR) is 49.3 cm³/mol. The number of hydrogen-bond donors (Lipinski definition) is 0. The van der Waals surface area contributed by atoms with Crippen molar-refractivity contribution >= 4 is 30.1 Å². The van der Waals surface area contributed by atoms with Crippen LogP contribution < -0.4 is 0 Å². The van der Waals surface area contributed by atoms with E-state index in [1.807, 2.05) is 0 Å². The monoisotopic (exact) mass is 198 g/mol. The number of carbonyl (C=O) groups is 2. The minimum atomic E-state index is -0.503. The molecule has 0 unspecified atom stereocenters. The molecule has 0 bridgehead atoms.